The van der Waals surface area contributed by atoms with Gasteiger partial charge < -0.3 is 12.8 Å². The summed E-state index contributed by atoms with van der Waals surface area (Å²) >= 11 is 0. The Morgan fingerprint density at radius 2 is 1.40 bits per heavy atom. The van der Waals surface area contributed by atoms with E-state index in [2.05, 4.69) is 34.6 Å². The van der Waals surface area contributed by atoms with Gasteiger partial charge in [0.1, 0.15) is 0 Å². The van der Waals surface area contributed by atoms with Gasteiger partial charge in [0.15, 0.2) is 0 Å². The van der Waals surface area contributed by atoms with Gasteiger partial charge in [-0.3, -0.25) is 0 Å². The summed E-state index contributed by atoms with van der Waals surface area (Å²) in [7, 11) is 0. The molecule has 0 aromatic rings. The predicted octanol–water partition coefficient (Wildman–Crippen LogP) is 3.25. The standard InChI is InChI=1S/C5H11.C4H9.Mg/c1-4-5(2)3;1-3-4-2;/h4H2,1-3H3;1,3-4H2,2H3;/q2*-1;+2. The van der Waals surface area contributed by atoms with Crippen LogP contribution in [-0.4, -0.2) is 23.1 Å². The molecule has 1 heteroatoms. The largest absolute Gasteiger partial charge is 2.00 e. The first kappa shape index (κ1) is 17.0. The summed E-state index contributed by atoms with van der Waals surface area (Å²) in [5.41, 5.74) is 0. The summed E-state index contributed by atoms with van der Waals surface area (Å²) in [4.78, 5) is 0. The third-order valence-corrected chi connectivity index (χ3v) is 1.06. The monoisotopic (exact) mass is 152 g/mol. The third-order valence-electron chi connectivity index (χ3n) is 1.06. The molecule has 0 spiro atoms. The van der Waals surface area contributed by atoms with E-state index >= 15 is 0 Å². The van der Waals surface area contributed by atoms with Crippen molar-refractivity contribution in [3.05, 3.63) is 12.8 Å². The van der Waals surface area contributed by atoms with Gasteiger partial charge in [0.25, 0.3) is 0 Å². The van der Waals surface area contributed by atoms with Crippen LogP contribution in [-0.2, 0) is 0 Å². The molecule has 0 rings (SSSR count). The molecular weight excluding hydrogens is 132 g/mol. The minimum atomic E-state index is 0. The SMILES string of the molecule is CC[C-](C)C.[CH2-]CCC.[Mg+2]. The molecule has 58 valence electrons. The molecular formula is C9H20Mg. The van der Waals surface area contributed by atoms with E-state index in [1.54, 1.807) is 0 Å². The van der Waals surface area contributed by atoms with Gasteiger partial charge in [-0.2, -0.15) is 26.7 Å². The summed E-state index contributed by atoms with van der Waals surface area (Å²) in [6.07, 6.45) is 3.50. The zero-order valence-electron chi connectivity index (χ0n) is 8.04. The van der Waals surface area contributed by atoms with Gasteiger partial charge in [0.05, 0.1) is 0 Å². The van der Waals surface area contributed by atoms with Crippen molar-refractivity contribution >= 4 is 23.1 Å². The molecule has 0 fully saturated rings. The van der Waals surface area contributed by atoms with Crippen molar-refractivity contribution in [2.75, 3.05) is 0 Å². The molecule has 0 nitrogen and oxygen atoms in total. The molecule has 0 aromatic heterocycles. The molecule has 0 saturated carbocycles. The molecule has 0 N–H and O–H groups in total. The Hall–Kier alpha value is 0.766. The molecule has 10 heavy (non-hydrogen) atoms. The van der Waals surface area contributed by atoms with E-state index in [1.807, 2.05) is 0 Å². The average Bonchev–Trinajstić information content (AvgIpc) is 1.89. The molecule has 0 heterocycles. The van der Waals surface area contributed by atoms with E-state index in [0.717, 1.165) is 6.42 Å². The van der Waals surface area contributed by atoms with Crippen LogP contribution in [0, 0.1) is 12.8 Å². The van der Waals surface area contributed by atoms with Gasteiger partial charge in [-0.15, -0.1) is 0 Å². The summed E-state index contributed by atoms with van der Waals surface area (Å²) in [6.45, 7) is 12.2. The zero-order valence-corrected chi connectivity index (χ0v) is 9.45. The van der Waals surface area contributed by atoms with Crippen molar-refractivity contribution in [1.29, 1.82) is 0 Å². The molecule has 0 saturated heterocycles. The second kappa shape index (κ2) is 16.4. The Balaban J connectivity index is -0.0000000910. The number of unbranched alkanes of at least 4 members (excludes halogenated alkanes) is 1. The number of rotatable bonds is 2. The van der Waals surface area contributed by atoms with Gasteiger partial charge in [-0.1, -0.05) is 20.3 Å². The van der Waals surface area contributed by atoms with Gasteiger partial charge >= 0.3 is 23.1 Å². The Labute approximate surface area is 82.9 Å². The third kappa shape index (κ3) is 37.3. The summed E-state index contributed by atoms with van der Waals surface area (Å²) in [5, 5.41) is 0. The van der Waals surface area contributed by atoms with Crippen LogP contribution in [0.5, 0.6) is 0 Å². The zero-order chi connectivity index (χ0) is 7.70. The van der Waals surface area contributed by atoms with Gasteiger partial charge in [-0.05, 0) is 0 Å². The van der Waals surface area contributed by atoms with Gasteiger partial charge in [-0.25, -0.2) is 0 Å². The van der Waals surface area contributed by atoms with Crippen LogP contribution >= 0.6 is 0 Å². The van der Waals surface area contributed by atoms with Crippen molar-refractivity contribution in [1.82, 2.24) is 0 Å². The van der Waals surface area contributed by atoms with E-state index in [4.69, 9.17) is 0 Å². The second-order valence-corrected chi connectivity index (χ2v) is 2.41. The average molecular weight is 153 g/mol. The van der Waals surface area contributed by atoms with E-state index < -0.39 is 0 Å². The first-order chi connectivity index (χ1) is 4.18. The Kier molecular flexibility index (Phi) is 27.9. The maximum absolute atomic E-state index is 3.60. The van der Waals surface area contributed by atoms with Crippen LogP contribution in [0.3, 0.4) is 0 Å². The van der Waals surface area contributed by atoms with E-state index in [-0.39, 0.29) is 23.1 Å². The van der Waals surface area contributed by atoms with Crippen molar-refractivity contribution in [2.45, 2.75) is 47.0 Å². The van der Waals surface area contributed by atoms with Crippen LogP contribution in [0.15, 0.2) is 0 Å². The summed E-state index contributed by atoms with van der Waals surface area (Å²) in [5.74, 6) is 1.50. The Morgan fingerprint density at radius 3 is 1.40 bits per heavy atom. The molecule has 0 aliphatic heterocycles. The van der Waals surface area contributed by atoms with Crippen LogP contribution < -0.4 is 0 Å². The van der Waals surface area contributed by atoms with Crippen molar-refractivity contribution < 1.29 is 0 Å². The smallest absolute Gasteiger partial charge is 0.343 e. The second-order valence-electron chi connectivity index (χ2n) is 2.41. The maximum Gasteiger partial charge on any atom is 2.00 e. The minimum absolute atomic E-state index is 0. The molecule has 0 radical (unpaired) electrons. The first-order valence-electron chi connectivity index (χ1n) is 3.77. The van der Waals surface area contributed by atoms with Gasteiger partial charge in [0.2, 0.25) is 0 Å². The molecule has 0 aromatic carbocycles. The van der Waals surface area contributed by atoms with Crippen LogP contribution in [0.1, 0.15) is 47.0 Å². The van der Waals surface area contributed by atoms with Crippen LogP contribution in [0.2, 0.25) is 0 Å². The van der Waals surface area contributed by atoms with Gasteiger partial charge in [0, 0.05) is 0 Å². The summed E-state index contributed by atoms with van der Waals surface area (Å²) in [6, 6.07) is 0. The molecule has 0 atom stereocenters. The Morgan fingerprint density at radius 1 is 1.20 bits per heavy atom. The fourth-order valence-corrected chi connectivity index (χ4v) is 0. The minimum Gasteiger partial charge on any atom is -0.343 e. The fourth-order valence-electron chi connectivity index (χ4n) is 0. The van der Waals surface area contributed by atoms with Crippen LogP contribution in [0.25, 0.3) is 0 Å². The molecule has 0 aliphatic rings. The maximum atomic E-state index is 3.60. The molecule has 0 unspecified atom stereocenters. The normalized spacial score (nSPS) is 7.80. The predicted molar refractivity (Wildman–Crippen MR) is 50.9 cm³/mol. The summed E-state index contributed by atoms with van der Waals surface area (Å²) < 4.78 is 0. The number of hydrogen-bond acceptors (Lipinski definition) is 0. The number of hydrogen-bond donors (Lipinski definition) is 0. The fraction of sp³-hybridized carbons (Fsp3) is 0.778. The molecule has 0 bridgehead atoms. The van der Waals surface area contributed by atoms with Crippen molar-refractivity contribution in [3.63, 3.8) is 0 Å². The van der Waals surface area contributed by atoms with E-state index in [9.17, 15) is 0 Å². The van der Waals surface area contributed by atoms with Crippen molar-refractivity contribution in [2.24, 2.45) is 0 Å². The van der Waals surface area contributed by atoms with E-state index in [0.29, 0.717) is 0 Å². The Bertz CT molecular complexity index is 31.7. The van der Waals surface area contributed by atoms with Crippen LogP contribution in [0.4, 0.5) is 0 Å². The van der Waals surface area contributed by atoms with Crippen molar-refractivity contribution in [3.8, 4) is 0 Å². The molecule has 0 amide bonds. The van der Waals surface area contributed by atoms with E-state index in [1.165, 1.54) is 18.8 Å². The first-order valence-corrected chi connectivity index (χ1v) is 3.77. The topological polar surface area (TPSA) is 0 Å². The quantitative estimate of drug-likeness (QED) is 0.421. The molecule has 0 aliphatic carbocycles.